The lowest BCUT2D eigenvalue weighted by atomic mass is 10.1. The summed E-state index contributed by atoms with van der Waals surface area (Å²) in [6, 6.07) is 22.5. The number of rotatable bonds is 2. The van der Waals surface area contributed by atoms with Crippen molar-refractivity contribution in [1.29, 1.82) is 0 Å². The van der Waals surface area contributed by atoms with E-state index in [9.17, 15) is 0 Å². The molecule has 0 saturated heterocycles. The minimum Gasteiger partial charge on any atom is -0.456 e. The van der Waals surface area contributed by atoms with Crippen LogP contribution in [0.3, 0.4) is 0 Å². The highest BCUT2D eigenvalue weighted by atomic mass is 16.3. The summed E-state index contributed by atoms with van der Waals surface area (Å²) in [4.78, 5) is 4.54. The van der Waals surface area contributed by atoms with Crippen molar-refractivity contribution in [2.75, 3.05) is 0 Å². The highest BCUT2D eigenvalue weighted by Gasteiger charge is 2.08. The first-order valence-corrected chi connectivity index (χ1v) is 7.32. The first kappa shape index (κ1) is 12.8. The molecule has 0 unspecified atom stereocenters. The van der Waals surface area contributed by atoms with Crippen LogP contribution in [0, 0.1) is 6.92 Å². The maximum absolute atomic E-state index is 6.02. The Morgan fingerprint density at radius 1 is 0.818 bits per heavy atom. The maximum Gasteiger partial charge on any atom is 0.138 e. The van der Waals surface area contributed by atoms with Crippen molar-refractivity contribution in [3.8, 4) is 22.6 Å². The molecule has 0 fully saturated rings. The van der Waals surface area contributed by atoms with Crippen LogP contribution in [0.1, 0.15) is 5.56 Å². The van der Waals surface area contributed by atoms with Crippen LogP contribution in [0.5, 0.6) is 0 Å². The van der Waals surface area contributed by atoms with E-state index in [1.807, 2.05) is 36.5 Å². The molecule has 0 spiro atoms. The van der Waals surface area contributed by atoms with Gasteiger partial charge in [0.25, 0.3) is 0 Å². The molecule has 22 heavy (non-hydrogen) atoms. The van der Waals surface area contributed by atoms with E-state index in [4.69, 9.17) is 4.42 Å². The molecule has 2 heteroatoms. The van der Waals surface area contributed by atoms with E-state index in [2.05, 4.69) is 48.3 Å². The van der Waals surface area contributed by atoms with Crippen molar-refractivity contribution in [3.63, 3.8) is 0 Å². The number of nitrogens with zero attached hydrogens (tertiary/aromatic N) is 1. The van der Waals surface area contributed by atoms with E-state index >= 15 is 0 Å². The van der Waals surface area contributed by atoms with E-state index in [1.165, 1.54) is 5.56 Å². The molecule has 4 rings (SSSR count). The van der Waals surface area contributed by atoms with E-state index in [1.54, 1.807) is 0 Å². The van der Waals surface area contributed by atoms with E-state index in [-0.39, 0.29) is 0 Å². The Labute approximate surface area is 129 Å². The number of benzene rings is 2. The molecule has 2 nitrogen and oxygen atoms in total. The summed E-state index contributed by atoms with van der Waals surface area (Å²) in [5.74, 6) is 0.877. The van der Waals surface area contributed by atoms with Crippen molar-refractivity contribution in [1.82, 2.24) is 4.98 Å². The number of aryl methyl sites for hydroxylation is 1. The van der Waals surface area contributed by atoms with Crippen LogP contribution in [0.25, 0.3) is 33.6 Å². The topological polar surface area (TPSA) is 26.0 Å². The van der Waals surface area contributed by atoms with Crippen LogP contribution in [0.4, 0.5) is 0 Å². The van der Waals surface area contributed by atoms with Gasteiger partial charge in [0, 0.05) is 28.8 Å². The van der Waals surface area contributed by atoms with Crippen molar-refractivity contribution in [3.05, 3.63) is 78.5 Å². The number of fused-ring (bicyclic) bond motifs is 1. The second kappa shape index (κ2) is 5.15. The molecule has 2 aromatic heterocycles. The van der Waals surface area contributed by atoms with Gasteiger partial charge in [0.15, 0.2) is 0 Å². The van der Waals surface area contributed by atoms with Gasteiger partial charge in [-0.2, -0.15) is 0 Å². The first-order chi connectivity index (χ1) is 10.8. The van der Waals surface area contributed by atoms with Crippen LogP contribution < -0.4 is 0 Å². The Bertz CT molecular complexity index is 921. The second-order valence-electron chi connectivity index (χ2n) is 5.45. The summed E-state index contributed by atoms with van der Waals surface area (Å²) in [5.41, 5.74) is 5.22. The number of hydrogen-bond acceptors (Lipinski definition) is 2. The molecule has 0 aliphatic heterocycles. The van der Waals surface area contributed by atoms with Crippen LogP contribution in [0.15, 0.2) is 77.3 Å². The van der Waals surface area contributed by atoms with Gasteiger partial charge in [-0.15, -0.1) is 0 Å². The first-order valence-electron chi connectivity index (χ1n) is 7.32. The Morgan fingerprint density at radius 3 is 2.36 bits per heavy atom. The SMILES string of the molecule is Cc1ccc(-c2cc3cnc(-c4ccccc4)cc3o2)cc1. The van der Waals surface area contributed by atoms with Gasteiger partial charge in [-0.05, 0) is 13.0 Å². The Morgan fingerprint density at radius 2 is 1.59 bits per heavy atom. The molecular formula is C20H15NO. The fourth-order valence-electron chi connectivity index (χ4n) is 2.56. The monoisotopic (exact) mass is 285 g/mol. The standard InChI is InChI=1S/C20H15NO/c1-14-7-9-16(10-8-14)19-11-17-13-21-18(12-20(17)22-19)15-5-3-2-4-6-15/h2-13H,1H3. The molecule has 0 N–H and O–H groups in total. The average molecular weight is 285 g/mol. The van der Waals surface area contributed by atoms with Crippen molar-refractivity contribution in [2.45, 2.75) is 6.92 Å². The van der Waals surface area contributed by atoms with Gasteiger partial charge < -0.3 is 4.42 Å². The fraction of sp³-hybridized carbons (Fsp3) is 0.0500. The molecule has 0 atom stereocenters. The van der Waals surface area contributed by atoms with Crippen LogP contribution >= 0.6 is 0 Å². The lowest BCUT2D eigenvalue weighted by Crippen LogP contribution is -1.81. The highest BCUT2D eigenvalue weighted by molar-refractivity contribution is 5.85. The van der Waals surface area contributed by atoms with E-state index in [0.29, 0.717) is 0 Å². The third-order valence-electron chi connectivity index (χ3n) is 3.81. The molecule has 4 aromatic rings. The lowest BCUT2D eigenvalue weighted by molar-refractivity contribution is 0.631. The van der Waals surface area contributed by atoms with E-state index in [0.717, 1.165) is 33.6 Å². The van der Waals surface area contributed by atoms with Crippen molar-refractivity contribution >= 4 is 11.0 Å². The van der Waals surface area contributed by atoms with Crippen molar-refractivity contribution < 1.29 is 4.42 Å². The van der Waals surface area contributed by atoms with Gasteiger partial charge in [-0.1, -0.05) is 60.2 Å². The fourth-order valence-corrected chi connectivity index (χ4v) is 2.56. The van der Waals surface area contributed by atoms with Gasteiger partial charge in [0.2, 0.25) is 0 Å². The summed E-state index contributed by atoms with van der Waals surface area (Å²) < 4.78 is 6.02. The molecule has 0 aliphatic rings. The van der Waals surface area contributed by atoms with Gasteiger partial charge in [-0.3, -0.25) is 4.98 Å². The molecule has 0 bridgehead atoms. The van der Waals surface area contributed by atoms with Crippen LogP contribution in [-0.2, 0) is 0 Å². The summed E-state index contributed by atoms with van der Waals surface area (Å²) in [5, 5.41) is 1.02. The van der Waals surface area contributed by atoms with Gasteiger partial charge in [0.05, 0.1) is 5.69 Å². The van der Waals surface area contributed by atoms with E-state index < -0.39 is 0 Å². The molecular weight excluding hydrogens is 270 g/mol. The van der Waals surface area contributed by atoms with Gasteiger partial charge >= 0.3 is 0 Å². The second-order valence-corrected chi connectivity index (χ2v) is 5.45. The zero-order valence-electron chi connectivity index (χ0n) is 12.3. The number of hydrogen-bond donors (Lipinski definition) is 0. The third-order valence-corrected chi connectivity index (χ3v) is 3.81. The zero-order chi connectivity index (χ0) is 14.9. The van der Waals surface area contributed by atoms with Gasteiger partial charge in [0.1, 0.15) is 11.3 Å². The normalized spacial score (nSPS) is 11.0. The van der Waals surface area contributed by atoms with Crippen LogP contribution in [0.2, 0.25) is 0 Å². The molecule has 0 aliphatic carbocycles. The Balaban J connectivity index is 1.80. The lowest BCUT2D eigenvalue weighted by Gasteiger charge is -1.99. The molecule has 0 saturated carbocycles. The molecule has 0 amide bonds. The molecule has 0 radical (unpaired) electrons. The molecule has 2 heterocycles. The summed E-state index contributed by atoms with van der Waals surface area (Å²) in [7, 11) is 0. The Hall–Kier alpha value is -2.87. The molecule has 106 valence electrons. The summed E-state index contributed by atoms with van der Waals surface area (Å²) >= 11 is 0. The van der Waals surface area contributed by atoms with Crippen LogP contribution in [-0.4, -0.2) is 4.98 Å². The van der Waals surface area contributed by atoms with Crippen molar-refractivity contribution in [2.24, 2.45) is 0 Å². The predicted molar refractivity (Wildman–Crippen MR) is 89.6 cm³/mol. The maximum atomic E-state index is 6.02. The zero-order valence-corrected chi connectivity index (χ0v) is 12.3. The minimum atomic E-state index is 0.865. The third kappa shape index (κ3) is 2.29. The van der Waals surface area contributed by atoms with Gasteiger partial charge in [-0.25, -0.2) is 0 Å². The number of aromatic nitrogens is 1. The predicted octanol–water partition coefficient (Wildman–Crippen LogP) is 5.47. The number of pyridine rings is 1. The largest absolute Gasteiger partial charge is 0.456 e. The average Bonchev–Trinajstić information content (AvgIpc) is 2.99. The summed E-state index contributed by atoms with van der Waals surface area (Å²) in [6.07, 6.45) is 1.87. The minimum absolute atomic E-state index is 0.865. The highest BCUT2D eigenvalue weighted by Crippen LogP contribution is 2.29. The quantitative estimate of drug-likeness (QED) is 0.488. The molecule has 2 aromatic carbocycles. The summed E-state index contributed by atoms with van der Waals surface area (Å²) in [6.45, 7) is 2.08. The number of furan rings is 1. The Kier molecular flexibility index (Phi) is 3.01. The smallest absolute Gasteiger partial charge is 0.138 e.